The summed E-state index contributed by atoms with van der Waals surface area (Å²) in [6.07, 6.45) is 5.06. The van der Waals surface area contributed by atoms with E-state index in [-0.39, 0.29) is 85.0 Å². The Hall–Kier alpha value is -15.1. The number of thioether (sulfide) groups is 1. The van der Waals surface area contributed by atoms with E-state index in [0.29, 0.717) is 135 Å². The van der Waals surface area contributed by atoms with E-state index in [1.165, 1.54) is 46.9 Å². The molecule has 150 heavy (non-hydrogen) atoms. The molecule has 5 heterocycles. The fourth-order valence-electron chi connectivity index (χ4n) is 16.2. The second-order valence-electron chi connectivity index (χ2n) is 34.8. The van der Waals surface area contributed by atoms with E-state index < -0.39 is 59.0 Å². The standard InChI is InChI=1S/C24H23F4NO4.C23H23F2NO4.C23H24FNO4.2C23H24FNO3S/c1-3-15-12-18(7-4-16(15)5-9-22(30)31)32-11-10-21-14(2)33-23(29-21)19-8-6-17(25)13-20(19)24(26,27)28;1-3-15-12-18(7-4-16(15)5-9-22(27)28)29-11-10-21-14(2)30-23(26-21)19-8-6-17(24)13-20(19)25;1-3-16-14-18(10-8-17(16)9-11-22(26)27)28-13-12-21-15(2)29-23(25-21)19-6-4-5-7-20(19)24;1-3-16-14-20(10-6-17(16)7-11-22(26)27)29-13-12-21-15(2)28-23(25-21)18-4-8-19(24)9-5-18;1-3-16-14-20(10-6-17(16)7-11-22(26)27)28-13-12-21-15(2)29-23(25-21)18-4-8-19(24)9-5-18/h4,6-8,12-13H,3,5,9-11H2,1-2H3,(H,30,31);4,6-8,12-13H,3,5,9-11H2,1-2H3,(H,27,28);4-8,10,14H,3,9,11-13H2,1-2H3,(H,26,27);2*4-6,8-10,14H,3,7,11-13H2,1-2H3,(H,26,27). The lowest BCUT2D eigenvalue weighted by Crippen LogP contribution is -2.08. The van der Waals surface area contributed by atoms with Gasteiger partial charge in [-0.2, -0.15) is 13.2 Å². The summed E-state index contributed by atoms with van der Waals surface area (Å²) in [5, 5.41) is 45.3. The van der Waals surface area contributed by atoms with Gasteiger partial charge in [0.15, 0.2) is 0 Å². The highest BCUT2D eigenvalue weighted by Crippen LogP contribution is 2.40. The average Bonchev–Trinajstić information content (AvgIpc) is 1.57. The molecule has 0 atom stereocenters. The summed E-state index contributed by atoms with van der Waals surface area (Å²) in [4.78, 5) is 78.5. The predicted molar refractivity (Wildman–Crippen MR) is 554 cm³/mol. The Kier molecular flexibility index (Phi) is 43.3. The molecule has 10 aromatic carbocycles. The molecule has 0 aliphatic carbocycles. The molecule has 0 fully saturated rings. The van der Waals surface area contributed by atoms with Gasteiger partial charge in [-0.25, -0.2) is 51.3 Å². The van der Waals surface area contributed by atoms with Crippen molar-refractivity contribution in [3.8, 4) is 79.4 Å². The van der Waals surface area contributed by atoms with Crippen LogP contribution in [0.2, 0.25) is 0 Å². The molecule has 5 N–H and O–H groups in total. The zero-order chi connectivity index (χ0) is 108. The van der Waals surface area contributed by atoms with Crippen molar-refractivity contribution in [1.29, 1.82) is 0 Å². The van der Waals surface area contributed by atoms with Gasteiger partial charge in [-0.3, -0.25) is 24.0 Å². The second kappa shape index (κ2) is 56.4. The number of hydrogen-bond acceptors (Lipinski definition) is 20. The van der Waals surface area contributed by atoms with Crippen molar-refractivity contribution >= 4 is 52.9 Å². The number of thiazole rings is 1. The number of oxazole rings is 4. The number of aromatic nitrogens is 5. The third kappa shape index (κ3) is 34.8. The van der Waals surface area contributed by atoms with Gasteiger partial charge in [-0.1, -0.05) is 77.1 Å². The summed E-state index contributed by atoms with van der Waals surface area (Å²) in [7, 11) is 0. The van der Waals surface area contributed by atoms with Crippen molar-refractivity contribution in [2.45, 2.75) is 209 Å². The number of halogens is 9. The summed E-state index contributed by atoms with van der Waals surface area (Å²) in [5.74, 6) is -0.671. The van der Waals surface area contributed by atoms with Gasteiger partial charge in [0.1, 0.15) is 85.9 Å². The molecule has 23 nitrogen and oxygen atoms in total. The summed E-state index contributed by atoms with van der Waals surface area (Å²) in [6.45, 7) is 20.7. The Bertz CT molecular complexity index is 6920. The molecule has 790 valence electrons. The van der Waals surface area contributed by atoms with E-state index in [1.54, 1.807) is 92.4 Å². The lowest BCUT2D eigenvalue weighted by molar-refractivity contribution is -0.138. The molecular formula is C116H118F9N5O18S2. The topological polar surface area (TPSA) is 340 Å². The molecule has 0 radical (unpaired) electrons. The fraction of sp³-hybridized carbons (Fsp3) is 0.310. The Morgan fingerprint density at radius 1 is 0.320 bits per heavy atom. The van der Waals surface area contributed by atoms with Crippen LogP contribution >= 0.6 is 23.1 Å². The van der Waals surface area contributed by atoms with Crippen LogP contribution in [0.1, 0.15) is 184 Å². The number of nitrogens with zero attached hydrogens (tertiary/aromatic N) is 5. The monoisotopic (exact) mass is 2100 g/mol. The van der Waals surface area contributed by atoms with Crippen molar-refractivity contribution in [1.82, 2.24) is 24.9 Å². The summed E-state index contributed by atoms with van der Waals surface area (Å²) in [6, 6.07) is 53.4. The van der Waals surface area contributed by atoms with Crippen LogP contribution in [0.4, 0.5) is 39.5 Å². The number of carboxylic acids is 5. The van der Waals surface area contributed by atoms with E-state index >= 15 is 0 Å². The molecule has 0 unspecified atom stereocenters. The normalized spacial score (nSPS) is 11.1. The molecule has 15 rings (SSSR count). The third-order valence-electron chi connectivity index (χ3n) is 24.3. The lowest BCUT2D eigenvalue weighted by atomic mass is 10.0. The summed E-state index contributed by atoms with van der Waals surface area (Å²) in [5.41, 5.74) is 15.0. The Morgan fingerprint density at radius 3 is 1.01 bits per heavy atom. The molecule has 0 saturated carbocycles. The van der Waals surface area contributed by atoms with Crippen LogP contribution in [0.3, 0.4) is 0 Å². The highest BCUT2D eigenvalue weighted by molar-refractivity contribution is 7.99. The average molecular weight is 2110 g/mol. The summed E-state index contributed by atoms with van der Waals surface area (Å²) < 4.78 is 166. The molecule has 0 saturated heterocycles. The van der Waals surface area contributed by atoms with Crippen LogP contribution in [0.25, 0.3) is 56.4 Å². The zero-order valence-corrected chi connectivity index (χ0v) is 86.4. The summed E-state index contributed by atoms with van der Waals surface area (Å²) >= 11 is 3.34. The Morgan fingerprint density at radius 2 is 0.640 bits per heavy atom. The van der Waals surface area contributed by atoms with E-state index in [9.17, 15) is 63.5 Å². The van der Waals surface area contributed by atoms with Crippen LogP contribution in [0.5, 0.6) is 23.0 Å². The van der Waals surface area contributed by atoms with Crippen LogP contribution < -0.4 is 18.9 Å². The van der Waals surface area contributed by atoms with Crippen molar-refractivity contribution in [3.05, 3.63) is 353 Å². The first kappa shape index (κ1) is 115. The third-order valence-corrected chi connectivity index (χ3v) is 26.4. The van der Waals surface area contributed by atoms with Crippen molar-refractivity contribution in [2.24, 2.45) is 0 Å². The Balaban J connectivity index is 0.000000178. The van der Waals surface area contributed by atoms with Crippen molar-refractivity contribution < 1.29 is 126 Å². The fourth-order valence-corrected chi connectivity index (χ4v) is 18.1. The van der Waals surface area contributed by atoms with Gasteiger partial charge in [0.25, 0.3) is 0 Å². The van der Waals surface area contributed by atoms with Crippen molar-refractivity contribution in [3.63, 3.8) is 0 Å². The first-order valence-corrected chi connectivity index (χ1v) is 50.9. The number of alkyl halides is 3. The van der Waals surface area contributed by atoms with Crippen LogP contribution in [0, 0.1) is 69.5 Å². The predicted octanol–water partition coefficient (Wildman–Crippen LogP) is 27.3. The van der Waals surface area contributed by atoms with Gasteiger partial charge in [0.05, 0.1) is 71.6 Å². The Labute approximate surface area is 871 Å². The van der Waals surface area contributed by atoms with Crippen LogP contribution in [-0.2, 0) is 126 Å². The smallest absolute Gasteiger partial charge is 0.417 e. The molecule has 0 bridgehead atoms. The highest BCUT2D eigenvalue weighted by Gasteiger charge is 2.36. The minimum Gasteiger partial charge on any atom is -0.493 e. The number of aliphatic carboxylic acids is 5. The largest absolute Gasteiger partial charge is 0.493 e. The maximum atomic E-state index is 14.0. The van der Waals surface area contributed by atoms with Gasteiger partial charge in [-0.15, -0.1) is 23.1 Å². The minimum absolute atomic E-state index is 0.0467. The maximum absolute atomic E-state index is 14.0. The molecule has 0 aliphatic rings. The molecule has 0 aliphatic heterocycles. The molecule has 15 aromatic rings. The van der Waals surface area contributed by atoms with E-state index in [4.69, 9.17) is 67.1 Å². The number of rotatable bonds is 45. The minimum atomic E-state index is -4.75. The first-order chi connectivity index (χ1) is 71.8. The highest BCUT2D eigenvalue weighted by atomic mass is 32.2. The number of benzene rings is 10. The second-order valence-corrected chi connectivity index (χ2v) is 37.2. The van der Waals surface area contributed by atoms with Crippen molar-refractivity contribution in [2.75, 3.05) is 32.2 Å². The van der Waals surface area contributed by atoms with Crippen LogP contribution in [-0.4, -0.2) is 112 Å². The van der Waals surface area contributed by atoms with E-state index in [1.807, 2.05) is 107 Å². The molecular weight excluding hydrogens is 1990 g/mol. The van der Waals surface area contributed by atoms with Gasteiger partial charge < -0.3 is 62.1 Å². The van der Waals surface area contributed by atoms with Gasteiger partial charge in [0.2, 0.25) is 23.6 Å². The molecule has 0 amide bonds. The number of carbonyl (C=O) groups is 5. The van der Waals surface area contributed by atoms with Gasteiger partial charge in [-0.05, 0) is 306 Å². The number of ether oxygens (including phenoxy) is 4. The zero-order valence-electron chi connectivity index (χ0n) is 84.7. The molecule has 5 aromatic heterocycles. The molecule has 0 spiro atoms. The number of aryl methyl sites for hydroxylation is 16. The number of carboxylic acid groups (broad SMARTS) is 5. The first-order valence-electron chi connectivity index (χ1n) is 49.1. The lowest BCUT2D eigenvalue weighted by Gasteiger charge is -2.11. The maximum Gasteiger partial charge on any atom is 0.417 e. The van der Waals surface area contributed by atoms with Gasteiger partial charge in [0, 0.05) is 102 Å². The molecule has 34 heteroatoms. The van der Waals surface area contributed by atoms with Gasteiger partial charge >= 0.3 is 36.0 Å². The van der Waals surface area contributed by atoms with E-state index in [0.717, 1.165) is 174 Å². The van der Waals surface area contributed by atoms with Crippen LogP contribution in [0.15, 0.2) is 223 Å². The van der Waals surface area contributed by atoms with E-state index in [2.05, 4.69) is 45.9 Å². The SMILES string of the molecule is CCc1cc(OCCc2nc(-c3ccc(F)cc3)sc2C)ccc1CCC(=O)O.CCc1cc(OCCc2nc(-c3ccc(F)cc3C(F)(F)F)oc2C)ccc1CCC(=O)O.CCc1cc(OCCc2nc(-c3ccc(F)cc3F)oc2C)ccc1CCC(=O)O.CCc1cc(OCCc2nc(-c3ccccc3F)oc2C)ccc1CCC(=O)O.CCc1cc(SCCc2nc(-c3ccc(F)cc3)oc2C)ccc1CCC(=O)O. The quantitative estimate of drug-likeness (QED) is 0.0175. The number of hydrogen-bond donors (Lipinski definition) is 5.